The van der Waals surface area contributed by atoms with Crippen molar-refractivity contribution in [1.82, 2.24) is 5.32 Å². The fourth-order valence-corrected chi connectivity index (χ4v) is 9.09. The van der Waals surface area contributed by atoms with Gasteiger partial charge in [-0.2, -0.15) is 0 Å². The molecular formula is C64H115N2O7P. The normalized spacial score (nSPS) is 14.3. The molecule has 0 bridgehead atoms. The topological polar surface area (TPSA) is 114 Å². The minimum atomic E-state index is -4.71. The van der Waals surface area contributed by atoms with Crippen LogP contribution in [0.3, 0.4) is 0 Å². The Labute approximate surface area is 456 Å². The quantitative estimate of drug-likeness (QED) is 0.0212. The van der Waals surface area contributed by atoms with Gasteiger partial charge in [-0.05, 0) is 102 Å². The minimum Gasteiger partial charge on any atom is -0.756 e. The fourth-order valence-electron chi connectivity index (χ4n) is 8.37. The number of rotatable bonds is 54. The van der Waals surface area contributed by atoms with Gasteiger partial charge < -0.3 is 28.5 Å². The molecular weight excluding hydrogens is 940 g/mol. The predicted octanol–water partition coefficient (Wildman–Crippen LogP) is 18.0. The molecule has 0 saturated heterocycles. The van der Waals surface area contributed by atoms with Crippen molar-refractivity contribution in [2.75, 3.05) is 40.9 Å². The Kier molecular flexibility index (Phi) is 51.5. The van der Waals surface area contributed by atoms with Crippen molar-refractivity contribution in [2.45, 2.75) is 270 Å². The first-order chi connectivity index (χ1) is 35.9. The third-order valence-electron chi connectivity index (χ3n) is 13.1. The van der Waals surface area contributed by atoms with Crippen molar-refractivity contribution in [1.29, 1.82) is 0 Å². The maximum absolute atomic E-state index is 13.5. The first-order valence-corrected chi connectivity index (χ1v) is 31.9. The van der Waals surface area contributed by atoms with Crippen LogP contribution in [0.15, 0.2) is 85.1 Å². The van der Waals surface area contributed by atoms with Crippen molar-refractivity contribution in [3.63, 3.8) is 0 Å². The second-order valence-electron chi connectivity index (χ2n) is 21.5. The van der Waals surface area contributed by atoms with Crippen LogP contribution in [-0.4, -0.2) is 69.4 Å². The molecule has 9 nitrogen and oxygen atoms in total. The van der Waals surface area contributed by atoms with Crippen LogP contribution in [0.25, 0.3) is 0 Å². The van der Waals surface area contributed by atoms with Gasteiger partial charge in [0.25, 0.3) is 7.82 Å². The SMILES string of the molecule is CC/C=C\C/C=C\C/C=C\C/C=C\C/C=C\CCCCCCCC(=O)OC(/C=C\CCCCCCCCCCCC)C(COP(=O)([O-])OCC[N+](C)(C)C)NC(=O)CCCCCCCCC/C=C\CCCCCC. The summed E-state index contributed by atoms with van der Waals surface area (Å²) >= 11 is 0. The van der Waals surface area contributed by atoms with E-state index in [9.17, 15) is 19.0 Å². The van der Waals surface area contributed by atoms with E-state index in [1.165, 1.54) is 103 Å². The lowest BCUT2D eigenvalue weighted by atomic mass is 10.0. The molecule has 0 heterocycles. The lowest BCUT2D eigenvalue weighted by molar-refractivity contribution is -0.870. The predicted molar refractivity (Wildman–Crippen MR) is 316 cm³/mol. The van der Waals surface area contributed by atoms with Crippen LogP contribution in [0.4, 0.5) is 0 Å². The Morgan fingerprint density at radius 1 is 0.486 bits per heavy atom. The number of hydrogen-bond acceptors (Lipinski definition) is 7. The Hall–Kier alpha value is -2.81. The molecule has 0 aliphatic carbocycles. The van der Waals surface area contributed by atoms with Crippen LogP contribution in [0.5, 0.6) is 0 Å². The zero-order chi connectivity index (χ0) is 54.3. The number of allylic oxidation sites excluding steroid dienone is 13. The van der Waals surface area contributed by atoms with Gasteiger partial charge in [-0.1, -0.05) is 228 Å². The molecule has 0 spiro atoms. The monoisotopic (exact) mass is 1050 g/mol. The van der Waals surface area contributed by atoms with Gasteiger partial charge in [-0.25, -0.2) is 0 Å². The van der Waals surface area contributed by atoms with E-state index in [2.05, 4.69) is 99.0 Å². The van der Waals surface area contributed by atoms with Gasteiger partial charge in [0, 0.05) is 12.8 Å². The molecule has 0 aromatic rings. The molecule has 0 aromatic heterocycles. The number of esters is 1. The van der Waals surface area contributed by atoms with Crippen LogP contribution < -0.4 is 10.2 Å². The number of unbranched alkanes of at least 4 members (excludes halogenated alkanes) is 26. The summed E-state index contributed by atoms with van der Waals surface area (Å²) < 4.78 is 30.3. The van der Waals surface area contributed by atoms with Gasteiger partial charge in [0.05, 0.1) is 33.8 Å². The third kappa shape index (κ3) is 54.0. The molecule has 10 heteroatoms. The largest absolute Gasteiger partial charge is 0.756 e. The number of hydrogen-bond donors (Lipinski definition) is 1. The first-order valence-electron chi connectivity index (χ1n) is 30.4. The Bertz CT molecular complexity index is 1540. The summed E-state index contributed by atoms with van der Waals surface area (Å²) in [4.78, 5) is 39.9. The number of phosphoric ester groups is 1. The Morgan fingerprint density at radius 2 is 0.865 bits per heavy atom. The van der Waals surface area contributed by atoms with Gasteiger partial charge in [-0.3, -0.25) is 14.2 Å². The van der Waals surface area contributed by atoms with Crippen LogP contribution in [0.2, 0.25) is 0 Å². The second-order valence-corrected chi connectivity index (χ2v) is 22.9. The smallest absolute Gasteiger partial charge is 0.306 e. The Morgan fingerprint density at radius 3 is 1.32 bits per heavy atom. The summed E-state index contributed by atoms with van der Waals surface area (Å²) in [5, 5.41) is 3.02. The number of nitrogens with one attached hydrogen (secondary N) is 1. The Balaban J connectivity index is 5.32. The van der Waals surface area contributed by atoms with Crippen molar-refractivity contribution in [3.8, 4) is 0 Å². The number of carbonyl (C=O) groups excluding carboxylic acids is 2. The minimum absolute atomic E-state index is 0.0297. The molecule has 0 aliphatic rings. The van der Waals surface area contributed by atoms with Gasteiger partial charge >= 0.3 is 5.97 Å². The standard InChI is InChI=1S/C64H115N2O7P/c1-7-10-13-16-19-22-25-28-30-31-32-33-34-35-37-39-42-45-48-51-54-57-64(68)73-62(55-52-49-46-43-40-27-24-21-18-15-12-9-3)61(60-72-74(69,70)71-59-58-66(4,5)6)65-63(67)56-53-50-47-44-41-38-36-29-26-23-20-17-14-11-8-2/h10,13,19,22-23,26,28,30,32-33,35,37,52,55,61-62H,7-9,11-12,14-18,20-21,24-25,27,29,31,34,36,38-51,53-54,56-60H2,1-6H3,(H-,65,67,69,70)/b13-10-,22-19-,26-23-,30-28-,33-32-,37-35-,55-52-. The molecule has 3 atom stereocenters. The van der Waals surface area contributed by atoms with E-state index < -0.39 is 26.6 Å². The van der Waals surface area contributed by atoms with E-state index in [1.54, 1.807) is 0 Å². The van der Waals surface area contributed by atoms with Crippen LogP contribution >= 0.6 is 7.82 Å². The lowest BCUT2D eigenvalue weighted by Crippen LogP contribution is -2.47. The summed E-state index contributed by atoms with van der Waals surface area (Å²) in [5.41, 5.74) is 0. The molecule has 1 amide bonds. The lowest BCUT2D eigenvalue weighted by Gasteiger charge is -2.30. The number of amides is 1. The van der Waals surface area contributed by atoms with Crippen molar-refractivity contribution in [3.05, 3.63) is 85.1 Å². The number of quaternary nitrogens is 1. The highest BCUT2D eigenvalue weighted by Crippen LogP contribution is 2.38. The summed E-state index contributed by atoms with van der Waals surface area (Å²) in [6, 6.07) is -0.902. The first kappa shape index (κ1) is 71.2. The van der Waals surface area contributed by atoms with Crippen molar-refractivity contribution >= 4 is 19.7 Å². The number of phosphoric acid groups is 1. The molecule has 3 unspecified atom stereocenters. The number of likely N-dealkylation sites (N-methyl/N-ethyl adjacent to an activating group) is 1. The number of ether oxygens (including phenoxy) is 1. The summed E-state index contributed by atoms with van der Waals surface area (Å²) in [6.45, 7) is 6.70. The summed E-state index contributed by atoms with van der Waals surface area (Å²) in [7, 11) is 1.16. The maximum Gasteiger partial charge on any atom is 0.306 e. The summed E-state index contributed by atoms with van der Waals surface area (Å²) in [6.07, 6.45) is 69.7. The van der Waals surface area contributed by atoms with Crippen molar-refractivity contribution in [2.24, 2.45) is 0 Å². The van der Waals surface area contributed by atoms with E-state index in [-0.39, 0.29) is 24.9 Å². The molecule has 0 aliphatic heterocycles. The van der Waals surface area contributed by atoms with E-state index in [0.717, 1.165) is 116 Å². The molecule has 0 saturated carbocycles. The molecule has 0 aromatic carbocycles. The van der Waals surface area contributed by atoms with E-state index >= 15 is 0 Å². The number of carbonyl (C=O) groups is 2. The second kappa shape index (κ2) is 53.6. The molecule has 74 heavy (non-hydrogen) atoms. The fraction of sp³-hybridized carbons (Fsp3) is 0.750. The van der Waals surface area contributed by atoms with E-state index in [0.29, 0.717) is 23.9 Å². The van der Waals surface area contributed by atoms with Crippen LogP contribution in [0, 0.1) is 0 Å². The van der Waals surface area contributed by atoms with Crippen molar-refractivity contribution < 1.29 is 37.3 Å². The highest BCUT2D eigenvalue weighted by atomic mass is 31.2. The molecule has 0 radical (unpaired) electrons. The van der Waals surface area contributed by atoms with Gasteiger partial charge in [0.15, 0.2) is 0 Å². The van der Waals surface area contributed by atoms with E-state index in [1.807, 2.05) is 33.3 Å². The molecule has 0 fully saturated rings. The third-order valence-corrected chi connectivity index (χ3v) is 14.0. The van der Waals surface area contributed by atoms with Crippen LogP contribution in [-0.2, 0) is 27.9 Å². The highest BCUT2D eigenvalue weighted by molar-refractivity contribution is 7.45. The van der Waals surface area contributed by atoms with Gasteiger partial charge in [0.1, 0.15) is 19.3 Å². The molecule has 1 N–H and O–H groups in total. The van der Waals surface area contributed by atoms with E-state index in [4.69, 9.17) is 13.8 Å². The maximum atomic E-state index is 13.5. The number of nitrogens with zero attached hydrogens (tertiary/aromatic N) is 1. The highest BCUT2D eigenvalue weighted by Gasteiger charge is 2.27. The molecule has 0 rings (SSSR count). The van der Waals surface area contributed by atoms with Gasteiger partial charge in [-0.15, -0.1) is 0 Å². The average Bonchev–Trinajstić information content (AvgIpc) is 3.36. The zero-order valence-corrected chi connectivity index (χ0v) is 49.7. The zero-order valence-electron chi connectivity index (χ0n) is 48.8. The van der Waals surface area contributed by atoms with Crippen LogP contribution in [0.1, 0.15) is 258 Å². The van der Waals surface area contributed by atoms with Gasteiger partial charge in [0.2, 0.25) is 5.91 Å². The average molecular weight is 1060 g/mol. The molecule has 428 valence electrons. The summed E-state index contributed by atoms with van der Waals surface area (Å²) in [5.74, 6) is -0.569.